The molecular formula is C20H33N5O2. The van der Waals surface area contributed by atoms with E-state index in [0.29, 0.717) is 18.5 Å². The van der Waals surface area contributed by atoms with Gasteiger partial charge in [0.15, 0.2) is 5.96 Å². The second-order valence-corrected chi connectivity index (χ2v) is 6.92. The van der Waals surface area contributed by atoms with Crippen molar-refractivity contribution in [2.45, 2.75) is 32.4 Å². The number of rotatable bonds is 8. The third-order valence-electron chi connectivity index (χ3n) is 4.92. The molecule has 1 fully saturated rings. The van der Waals surface area contributed by atoms with Crippen molar-refractivity contribution in [3.8, 4) is 5.75 Å². The topological polar surface area (TPSA) is 69.2 Å². The largest absolute Gasteiger partial charge is 0.496 e. The highest BCUT2D eigenvalue weighted by molar-refractivity contribution is 5.86. The second-order valence-electron chi connectivity index (χ2n) is 6.92. The number of para-hydroxylation sites is 1. The van der Waals surface area contributed by atoms with Crippen molar-refractivity contribution in [2.75, 3.05) is 47.4 Å². The summed E-state index contributed by atoms with van der Waals surface area (Å²) in [4.78, 5) is 20.7. The summed E-state index contributed by atoms with van der Waals surface area (Å²) in [6.45, 7) is 5.94. The molecule has 1 aliphatic heterocycles. The van der Waals surface area contributed by atoms with Crippen LogP contribution in [-0.4, -0.2) is 75.1 Å². The van der Waals surface area contributed by atoms with E-state index in [1.807, 2.05) is 24.3 Å². The quantitative estimate of drug-likeness (QED) is 0.530. The molecule has 7 heteroatoms. The number of likely N-dealkylation sites (tertiary alicyclic amines) is 1. The molecule has 150 valence electrons. The molecule has 7 nitrogen and oxygen atoms in total. The highest BCUT2D eigenvalue weighted by Gasteiger charge is 2.22. The van der Waals surface area contributed by atoms with Gasteiger partial charge in [0.25, 0.3) is 0 Å². The lowest BCUT2D eigenvalue weighted by Crippen LogP contribution is -2.47. The van der Waals surface area contributed by atoms with Crippen LogP contribution in [0.3, 0.4) is 0 Å². The lowest BCUT2D eigenvalue weighted by molar-refractivity contribution is -0.127. The Morgan fingerprint density at radius 2 is 2.11 bits per heavy atom. The lowest BCUT2D eigenvalue weighted by atomic mass is 10.2. The minimum Gasteiger partial charge on any atom is -0.496 e. The first-order valence-electron chi connectivity index (χ1n) is 9.63. The molecule has 2 rings (SSSR count). The molecule has 1 atom stereocenters. The summed E-state index contributed by atoms with van der Waals surface area (Å²) in [6.07, 6.45) is 2.43. The number of likely N-dealkylation sites (N-methyl/N-ethyl adjacent to an activating group) is 2. The van der Waals surface area contributed by atoms with Crippen molar-refractivity contribution >= 4 is 11.9 Å². The average molecular weight is 376 g/mol. The Balaban J connectivity index is 2.02. The molecule has 1 aliphatic rings. The van der Waals surface area contributed by atoms with Crippen LogP contribution in [0.15, 0.2) is 29.3 Å². The van der Waals surface area contributed by atoms with E-state index in [0.717, 1.165) is 30.9 Å². The minimum absolute atomic E-state index is 0.0119. The standard InChI is InChI=1S/C20H33N5O2/c1-5-25-12-8-10-17(25)14-22-20(23-15-19(26)24(2)3)21-13-16-9-6-7-11-18(16)27-4/h6-7,9,11,17H,5,8,10,12-15H2,1-4H3,(H2,21,22,23). The van der Waals surface area contributed by atoms with Crippen molar-refractivity contribution in [3.05, 3.63) is 29.8 Å². The molecule has 1 amide bonds. The number of benzene rings is 1. The SMILES string of the molecule is CCN1CCCC1CNC(=NCc1ccccc1OC)NCC(=O)N(C)C. The van der Waals surface area contributed by atoms with E-state index in [9.17, 15) is 4.79 Å². The van der Waals surface area contributed by atoms with E-state index in [4.69, 9.17) is 4.74 Å². The zero-order valence-corrected chi connectivity index (χ0v) is 17.0. The molecular weight excluding hydrogens is 342 g/mol. The van der Waals surface area contributed by atoms with Gasteiger partial charge in [-0.15, -0.1) is 0 Å². The van der Waals surface area contributed by atoms with Gasteiger partial charge in [-0.3, -0.25) is 9.69 Å². The molecule has 1 aromatic rings. The number of nitrogens with zero attached hydrogens (tertiary/aromatic N) is 3. The molecule has 0 spiro atoms. The van der Waals surface area contributed by atoms with Crippen molar-refractivity contribution in [1.82, 2.24) is 20.4 Å². The third kappa shape index (κ3) is 6.43. The third-order valence-corrected chi connectivity index (χ3v) is 4.92. The molecule has 0 saturated carbocycles. The van der Waals surface area contributed by atoms with Gasteiger partial charge in [-0.05, 0) is 32.0 Å². The van der Waals surface area contributed by atoms with E-state index >= 15 is 0 Å². The zero-order chi connectivity index (χ0) is 19.6. The van der Waals surface area contributed by atoms with Gasteiger partial charge in [-0.25, -0.2) is 4.99 Å². The van der Waals surface area contributed by atoms with Crippen LogP contribution >= 0.6 is 0 Å². The Kier molecular flexibility index (Phi) is 8.39. The van der Waals surface area contributed by atoms with Crippen LogP contribution in [0.2, 0.25) is 0 Å². The summed E-state index contributed by atoms with van der Waals surface area (Å²) in [5.41, 5.74) is 1.01. The van der Waals surface area contributed by atoms with Crippen LogP contribution in [-0.2, 0) is 11.3 Å². The number of methoxy groups -OCH3 is 1. The Bertz CT molecular complexity index is 633. The molecule has 1 saturated heterocycles. The van der Waals surface area contributed by atoms with Crippen LogP contribution in [0.4, 0.5) is 0 Å². The van der Waals surface area contributed by atoms with Crippen LogP contribution < -0.4 is 15.4 Å². The highest BCUT2D eigenvalue weighted by atomic mass is 16.5. The van der Waals surface area contributed by atoms with E-state index < -0.39 is 0 Å². The maximum absolute atomic E-state index is 11.9. The number of hydrogen-bond donors (Lipinski definition) is 2. The first-order chi connectivity index (χ1) is 13.0. The van der Waals surface area contributed by atoms with Gasteiger partial charge < -0.3 is 20.3 Å². The van der Waals surface area contributed by atoms with Crippen molar-refractivity contribution < 1.29 is 9.53 Å². The van der Waals surface area contributed by atoms with Gasteiger partial charge in [-0.1, -0.05) is 25.1 Å². The summed E-state index contributed by atoms with van der Waals surface area (Å²) in [5.74, 6) is 1.48. The van der Waals surface area contributed by atoms with Gasteiger partial charge in [0.1, 0.15) is 5.75 Å². The van der Waals surface area contributed by atoms with Gasteiger partial charge in [0, 0.05) is 32.2 Å². The summed E-state index contributed by atoms with van der Waals surface area (Å²) in [5, 5.41) is 6.57. The number of nitrogens with one attached hydrogen (secondary N) is 2. The fourth-order valence-corrected chi connectivity index (χ4v) is 3.25. The summed E-state index contributed by atoms with van der Waals surface area (Å²) >= 11 is 0. The molecule has 0 radical (unpaired) electrons. The number of hydrogen-bond acceptors (Lipinski definition) is 4. The van der Waals surface area contributed by atoms with Crippen LogP contribution in [0.25, 0.3) is 0 Å². The lowest BCUT2D eigenvalue weighted by Gasteiger charge is -2.24. The fourth-order valence-electron chi connectivity index (χ4n) is 3.25. The van der Waals surface area contributed by atoms with Gasteiger partial charge in [-0.2, -0.15) is 0 Å². The molecule has 2 N–H and O–H groups in total. The van der Waals surface area contributed by atoms with E-state index in [1.165, 1.54) is 12.8 Å². The second kappa shape index (κ2) is 10.8. The number of ether oxygens (including phenoxy) is 1. The monoisotopic (exact) mass is 375 g/mol. The van der Waals surface area contributed by atoms with Crippen molar-refractivity contribution in [1.29, 1.82) is 0 Å². The first kappa shape index (κ1) is 21.0. The molecule has 0 bridgehead atoms. The number of aliphatic imine (C=N–C) groups is 1. The molecule has 0 aliphatic carbocycles. The highest BCUT2D eigenvalue weighted by Crippen LogP contribution is 2.18. The van der Waals surface area contributed by atoms with Crippen molar-refractivity contribution in [2.24, 2.45) is 4.99 Å². The van der Waals surface area contributed by atoms with E-state index in [1.54, 1.807) is 26.1 Å². The van der Waals surface area contributed by atoms with Gasteiger partial charge >= 0.3 is 0 Å². The van der Waals surface area contributed by atoms with Gasteiger partial charge in [0.2, 0.25) is 5.91 Å². The maximum Gasteiger partial charge on any atom is 0.241 e. The Morgan fingerprint density at radius 1 is 1.33 bits per heavy atom. The number of carbonyl (C=O) groups is 1. The molecule has 0 aromatic heterocycles. The smallest absolute Gasteiger partial charge is 0.241 e. The molecule has 1 aromatic carbocycles. The normalized spacial score (nSPS) is 17.6. The van der Waals surface area contributed by atoms with E-state index in [2.05, 4.69) is 27.4 Å². The summed E-state index contributed by atoms with van der Waals surface area (Å²) < 4.78 is 5.40. The zero-order valence-electron chi connectivity index (χ0n) is 17.0. The fraction of sp³-hybridized carbons (Fsp3) is 0.600. The Labute approximate surface area is 162 Å². The molecule has 1 heterocycles. The van der Waals surface area contributed by atoms with Gasteiger partial charge in [0.05, 0.1) is 20.2 Å². The summed E-state index contributed by atoms with van der Waals surface area (Å²) in [6, 6.07) is 8.36. The van der Waals surface area contributed by atoms with Crippen LogP contribution in [0, 0.1) is 0 Å². The number of guanidine groups is 1. The van der Waals surface area contributed by atoms with Crippen LogP contribution in [0.1, 0.15) is 25.3 Å². The number of carbonyl (C=O) groups excluding carboxylic acids is 1. The molecule has 27 heavy (non-hydrogen) atoms. The number of amides is 1. The maximum atomic E-state index is 11.9. The average Bonchev–Trinajstić information content (AvgIpc) is 3.14. The predicted molar refractivity (Wildman–Crippen MR) is 109 cm³/mol. The Morgan fingerprint density at radius 3 is 2.81 bits per heavy atom. The Hall–Kier alpha value is -2.28. The van der Waals surface area contributed by atoms with Crippen LogP contribution in [0.5, 0.6) is 5.75 Å². The van der Waals surface area contributed by atoms with Crippen molar-refractivity contribution in [3.63, 3.8) is 0 Å². The minimum atomic E-state index is 0.0119. The van der Waals surface area contributed by atoms with E-state index in [-0.39, 0.29) is 12.5 Å². The molecule has 1 unspecified atom stereocenters. The first-order valence-corrected chi connectivity index (χ1v) is 9.63. The summed E-state index contributed by atoms with van der Waals surface area (Å²) in [7, 11) is 5.16. The predicted octanol–water partition coefficient (Wildman–Crippen LogP) is 1.30.